The van der Waals surface area contributed by atoms with E-state index in [-0.39, 0.29) is 17.9 Å². The molecular weight excluding hydrogens is 200 g/mol. The van der Waals surface area contributed by atoms with Gasteiger partial charge in [-0.2, -0.15) is 0 Å². The van der Waals surface area contributed by atoms with E-state index in [9.17, 15) is 4.79 Å². The van der Waals surface area contributed by atoms with Crippen LogP contribution in [-0.4, -0.2) is 5.91 Å². The molecule has 3 heteroatoms. The molecule has 3 N–H and O–H groups in total. The zero-order valence-electron chi connectivity index (χ0n) is 9.57. The summed E-state index contributed by atoms with van der Waals surface area (Å²) in [5.41, 5.74) is 7.82. The summed E-state index contributed by atoms with van der Waals surface area (Å²) in [6.07, 6.45) is 2.09. The van der Waals surface area contributed by atoms with Crippen molar-refractivity contribution in [2.45, 2.75) is 32.4 Å². The van der Waals surface area contributed by atoms with Crippen LogP contribution < -0.4 is 11.1 Å². The molecule has 0 heterocycles. The van der Waals surface area contributed by atoms with Crippen LogP contribution in [0, 0.1) is 5.92 Å². The van der Waals surface area contributed by atoms with Crippen molar-refractivity contribution in [3.63, 3.8) is 0 Å². The van der Waals surface area contributed by atoms with Crippen molar-refractivity contribution < 1.29 is 4.79 Å². The van der Waals surface area contributed by atoms with Crippen LogP contribution >= 0.6 is 0 Å². The molecule has 1 fully saturated rings. The van der Waals surface area contributed by atoms with Gasteiger partial charge in [0.15, 0.2) is 0 Å². The molecule has 0 bridgehead atoms. The summed E-state index contributed by atoms with van der Waals surface area (Å²) in [4.78, 5) is 11.6. The van der Waals surface area contributed by atoms with Crippen molar-refractivity contribution in [1.29, 1.82) is 0 Å². The maximum Gasteiger partial charge on any atom is 0.223 e. The molecule has 1 aliphatic rings. The van der Waals surface area contributed by atoms with E-state index in [4.69, 9.17) is 5.73 Å². The first-order chi connectivity index (χ1) is 7.70. The number of carbonyl (C=O) groups excluding carboxylic acids is 1. The first-order valence-electron chi connectivity index (χ1n) is 5.80. The molecule has 1 saturated carbocycles. The van der Waals surface area contributed by atoms with Gasteiger partial charge in [0.05, 0.1) is 6.04 Å². The lowest BCUT2D eigenvalue weighted by Crippen LogP contribution is -2.27. The molecule has 0 aliphatic heterocycles. The van der Waals surface area contributed by atoms with Crippen LogP contribution in [0.4, 0.5) is 0 Å². The third-order valence-electron chi connectivity index (χ3n) is 2.99. The summed E-state index contributed by atoms with van der Waals surface area (Å²) < 4.78 is 0. The molecule has 0 saturated heterocycles. The molecule has 86 valence electrons. The fourth-order valence-electron chi connectivity index (χ4n) is 1.75. The second-order valence-corrected chi connectivity index (χ2v) is 4.45. The van der Waals surface area contributed by atoms with Crippen molar-refractivity contribution in [2.24, 2.45) is 11.7 Å². The number of nitrogens with two attached hydrogens (primary N) is 1. The summed E-state index contributed by atoms with van der Waals surface area (Å²) in [6.45, 7) is 2.55. The van der Waals surface area contributed by atoms with Crippen molar-refractivity contribution in [3.05, 3.63) is 35.4 Å². The fourth-order valence-corrected chi connectivity index (χ4v) is 1.75. The van der Waals surface area contributed by atoms with Gasteiger partial charge in [0.2, 0.25) is 5.91 Å². The molecule has 1 amide bonds. The van der Waals surface area contributed by atoms with Crippen LogP contribution in [0.15, 0.2) is 24.3 Å². The highest BCUT2D eigenvalue weighted by Gasteiger charge is 2.30. The fraction of sp³-hybridized carbons (Fsp3) is 0.462. The number of hydrogen-bond donors (Lipinski definition) is 2. The Kier molecular flexibility index (Phi) is 3.25. The van der Waals surface area contributed by atoms with E-state index in [0.717, 1.165) is 24.0 Å². The highest BCUT2D eigenvalue weighted by molar-refractivity contribution is 5.81. The van der Waals surface area contributed by atoms with Gasteiger partial charge in [0.25, 0.3) is 0 Å². The average molecular weight is 218 g/mol. The Hall–Kier alpha value is -1.35. The van der Waals surface area contributed by atoms with E-state index >= 15 is 0 Å². The molecule has 1 unspecified atom stereocenters. The third-order valence-corrected chi connectivity index (χ3v) is 2.99. The quantitative estimate of drug-likeness (QED) is 0.808. The number of benzene rings is 1. The van der Waals surface area contributed by atoms with Crippen molar-refractivity contribution in [3.8, 4) is 0 Å². The predicted octanol–water partition coefficient (Wildman–Crippen LogP) is 1.73. The Morgan fingerprint density at radius 1 is 1.56 bits per heavy atom. The molecule has 2 rings (SSSR count). The monoisotopic (exact) mass is 218 g/mol. The molecule has 1 aromatic rings. The highest BCUT2D eigenvalue weighted by Crippen LogP contribution is 2.29. The smallest absolute Gasteiger partial charge is 0.223 e. The summed E-state index contributed by atoms with van der Waals surface area (Å²) >= 11 is 0. The molecule has 1 atom stereocenters. The molecule has 16 heavy (non-hydrogen) atoms. The number of amides is 1. The second-order valence-electron chi connectivity index (χ2n) is 4.45. The zero-order valence-corrected chi connectivity index (χ0v) is 9.57. The first-order valence-corrected chi connectivity index (χ1v) is 5.80. The van der Waals surface area contributed by atoms with Gasteiger partial charge in [0.1, 0.15) is 0 Å². The minimum atomic E-state index is 0.0691. The lowest BCUT2D eigenvalue weighted by atomic mass is 10.0. The van der Waals surface area contributed by atoms with Crippen molar-refractivity contribution >= 4 is 5.91 Å². The minimum Gasteiger partial charge on any atom is -0.349 e. The molecule has 0 aromatic heterocycles. The Bertz CT molecular complexity index is 385. The SMILES string of the molecule is CC(NC(=O)C1CC1)c1cccc(CN)c1. The summed E-state index contributed by atoms with van der Waals surface area (Å²) in [5, 5.41) is 3.03. The van der Waals surface area contributed by atoms with E-state index in [1.807, 2.05) is 25.1 Å². The van der Waals surface area contributed by atoms with Crippen LogP contribution in [0.2, 0.25) is 0 Å². The van der Waals surface area contributed by atoms with Crippen LogP contribution in [0.5, 0.6) is 0 Å². The molecule has 0 radical (unpaired) electrons. The number of rotatable bonds is 4. The van der Waals surface area contributed by atoms with E-state index < -0.39 is 0 Å². The lowest BCUT2D eigenvalue weighted by Gasteiger charge is -2.14. The van der Waals surface area contributed by atoms with Gasteiger partial charge < -0.3 is 11.1 Å². The maximum atomic E-state index is 11.6. The van der Waals surface area contributed by atoms with E-state index in [1.165, 1.54) is 0 Å². The molecular formula is C13H18N2O. The standard InChI is InChI=1S/C13H18N2O/c1-9(15-13(16)11-5-6-11)12-4-2-3-10(7-12)8-14/h2-4,7,9,11H,5-6,8,14H2,1H3,(H,15,16). The van der Waals surface area contributed by atoms with Gasteiger partial charge in [-0.1, -0.05) is 24.3 Å². The lowest BCUT2D eigenvalue weighted by molar-refractivity contribution is -0.122. The largest absolute Gasteiger partial charge is 0.349 e. The van der Waals surface area contributed by atoms with E-state index in [0.29, 0.717) is 6.54 Å². The molecule has 1 aliphatic carbocycles. The van der Waals surface area contributed by atoms with Gasteiger partial charge in [-0.25, -0.2) is 0 Å². The Labute approximate surface area is 96.0 Å². The maximum absolute atomic E-state index is 11.6. The number of carbonyl (C=O) groups is 1. The van der Waals surface area contributed by atoms with Crippen molar-refractivity contribution in [2.75, 3.05) is 0 Å². The second kappa shape index (κ2) is 4.66. The summed E-state index contributed by atoms with van der Waals surface area (Å²) in [6, 6.07) is 8.13. The van der Waals surface area contributed by atoms with Gasteiger partial charge in [-0.15, -0.1) is 0 Å². The van der Waals surface area contributed by atoms with Crippen LogP contribution in [0.3, 0.4) is 0 Å². The predicted molar refractivity (Wildman–Crippen MR) is 63.6 cm³/mol. The highest BCUT2D eigenvalue weighted by atomic mass is 16.2. The summed E-state index contributed by atoms with van der Waals surface area (Å²) in [5.74, 6) is 0.450. The van der Waals surface area contributed by atoms with Crippen LogP contribution in [-0.2, 0) is 11.3 Å². The minimum absolute atomic E-state index is 0.0691. The Balaban J connectivity index is 2.01. The van der Waals surface area contributed by atoms with Crippen molar-refractivity contribution in [1.82, 2.24) is 5.32 Å². The Morgan fingerprint density at radius 3 is 2.94 bits per heavy atom. The van der Waals surface area contributed by atoms with Gasteiger partial charge in [-0.3, -0.25) is 4.79 Å². The number of nitrogens with one attached hydrogen (secondary N) is 1. The van der Waals surface area contributed by atoms with Gasteiger partial charge in [-0.05, 0) is 30.9 Å². The molecule has 0 spiro atoms. The van der Waals surface area contributed by atoms with E-state index in [2.05, 4.69) is 11.4 Å². The van der Waals surface area contributed by atoms with Crippen LogP contribution in [0.1, 0.15) is 36.9 Å². The van der Waals surface area contributed by atoms with Gasteiger partial charge >= 0.3 is 0 Å². The first kappa shape index (κ1) is 11.1. The van der Waals surface area contributed by atoms with Crippen LogP contribution in [0.25, 0.3) is 0 Å². The van der Waals surface area contributed by atoms with Gasteiger partial charge in [0, 0.05) is 12.5 Å². The third kappa shape index (κ3) is 2.61. The zero-order chi connectivity index (χ0) is 11.5. The molecule has 1 aromatic carbocycles. The summed E-state index contributed by atoms with van der Waals surface area (Å²) in [7, 11) is 0. The normalized spacial score (nSPS) is 16.9. The number of hydrogen-bond acceptors (Lipinski definition) is 2. The molecule has 3 nitrogen and oxygen atoms in total. The van der Waals surface area contributed by atoms with E-state index in [1.54, 1.807) is 0 Å². The topological polar surface area (TPSA) is 55.1 Å². The Morgan fingerprint density at radius 2 is 2.31 bits per heavy atom. The average Bonchev–Trinajstić information content (AvgIpc) is 3.13.